The summed E-state index contributed by atoms with van der Waals surface area (Å²) in [5, 5.41) is 18.5. The Labute approximate surface area is 99.5 Å². The Morgan fingerprint density at radius 1 is 1.59 bits per heavy atom. The maximum Gasteiger partial charge on any atom is 0.333 e. The minimum Gasteiger partial charge on any atom is -0.361 e. The van der Waals surface area contributed by atoms with E-state index in [1.54, 1.807) is 11.6 Å². The summed E-state index contributed by atoms with van der Waals surface area (Å²) in [5.74, 6) is 0.531. The van der Waals surface area contributed by atoms with Crippen LogP contribution in [-0.4, -0.2) is 20.7 Å². The molecule has 1 N–H and O–H groups in total. The Hall–Kier alpha value is -1.85. The number of nitrogens with zero attached hydrogens (tertiary/aromatic N) is 3. The molecular weight excluding hydrogens is 220 g/mol. The van der Waals surface area contributed by atoms with Crippen molar-refractivity contribution in [1.82, 2.24) is 9.78 Å². The topological polar surface area (TPSA) is 73.0 Å². The maximum absolute atomic E-state index is 11.0. The Bertz CT molecular complexity index is 456. The van der Waals surface area contributed by atoms with E-state index in [-0.39, 0.29) is 16.7 Å². The first-order valence-corrected chi connectivity index (χ1v) is 5.76. The van der Waals surface area contributed by atoms with E-state index in [4.69, 9.17) is 0 Å². The van der Waals surface area contributed by atoms with Gasteiger partial charge in [0, 0.05) is 12.6 Å². The highest BCUT2D eigenvalue weighted by molar-refractivity contribution is 5.60. The largest absolute Gasteiger partial charge is 0.361 e. The van der Waals surface area contributed by atoms with Gasteiger partial charge in [0.2, 0.25) is 5.82 Å². The molecule has 0 atom stereocenters. The number of nitro groups is 1. The van der Waals surface area contributed by atoms with Crippen LogP contribution >= 0.6 is 0 Å². The van der Waals surface area contributed by atoms with Crippen molar-refractivity contribution in [2.75, 3.05) is 5.32 Å². The fourth-order valence-electron chi connectivity index (χ4n) is 2.09. The third kappa shape index (κ3) is 2.15. The highest BCUT2D eigenvalue weighted by Gasteiger charge is 2.26. The zero-order chi connectivity index (χ0) is 12.4. The molecule has 92 valence electrons. The van der Waals surface area contributed by atoms with Crippen LogP contribution in [0, 0.1) is 17.0 Å². The van der Waals surface area contributed by atoms with E-state index in [1.165, 1.54) is 0 Å². The summed E-state index contributed by atoms with van der Waals surface area (Å²) in [7, 11) is 0. The van der Waals surface area contributed by atoms with Crippen LogP contribution in [0.3, 0.4) is 0 Å². The Morgan fingerprint density at radius 2 is 2.24 bits per heavy atom. The van der Waals surface area contributed by atoms with Crippen LogP contribution in [0.5, 0.6) is 0 Å². The highest BCUT2D eigenvalue weighted by Crippen LogP contribution is 2.30. The fourth-order valence-corrected chi connectivity index (χ4v) is 2.09. The molecule has 0 aromatic carbocycles. The second-order valence-corrected chi connectivity index (χ2v) is 4.14. The van der Waals surface area contributed by atoms with Gasteiger partial charge in [-0.25, -0.2) is 4.68 Å². The van der Waals surface area contributed by atoms with Gasteiger partial charge in [-0.3, -0.25) is 10.1 Å². The Kier molecular flexibility index (Phi) is 3.12. The number of rotatable bonds is 4. The van der Waals surface area contributed by atoms with Gasteiger partial charge >= 0.3 is 5.69 Å². The van der Waals surface area contributed by atoms with Crippen molar-refractivity contribution in [2.45, 2.75) is 39.3 Å². The van der Waals surface area contributed by atoms with Crippen molar-refractivity contribution in [2.24, 2.45) is 0 Å². The third-order valence-corrected chi connectivity index (χ3v) is 2.93. The molecule has 6 heteroatoms. The Morgan fingerprint density at radius 3 is 2.76 bits per heavy atom. The van der Waals surface area contributed by atoms with Crippen LogP contribution in [0.1, 0.15) is 25.5 Å². The van der Waals surface area contributed by atoms with E-state index in [0.29, 0.717) is 18.1 Å². The molecule has 1 aliphatic rings. The van der Waals surface area contributed by atoms with E-state index < -0.39 is 0 Å². The van der Waals surface area contributed by atoms with Gasteiger partial charge in [-0.2, -0.15) is 5.10 Å². The van der Waals surface area contributed by atoms with Crippen LogP contribution in [0.2, 0.25) is 0 Å². The fraction of sp³-hybridized carbons (Fsp3) is 0.545. The standard InChI is InChI=1S/C11H16N4O2/c1-3-14-11(12-9-6-4-5-7-9)10(15(16)17)8(2)13-14/h4-5,9,12H,3,6-7H2,1-2H3. The van der Waals surface area contributed by atoms with Crippen molar-refractivity contribution in [3.63, 3.8) is 0 Å². The van der Waals surface area contributed by atoms with Crippen molar-refractivity contribution < 1.29 is 4.92 Å². The third-order valence-electron chi connectivity index (χ3n) is 2.93. The number of aromatic nitrogens is 2. The monoisotopic (exact) mass is 236 g/mol. The van der Waals surface area contributed by atoms with Gasteiger partial charge in [-0.15, -0.1) is 0 Å². The predicted octanol–water partition coefficient (Wildman–Crippen LogP) is 2.25. The molecule has 0 radical (unpaired) electrons. The molecule has 2 rings (SSSR count). The summed E-state index contributed by atoms with van der Waals surface area (Å²) >= 11 is 0. The molecule has 1 aliphatic carbocycles. The smallest absolute Gasteiger partial charge is 0.333 e. The lowest BCUT2D eigenvalue weighted by molar-refractivity contribution is -0.384. The molecule has 0 spiro atoms. The lowest BCUT2D eigenvalue weighted by atomic mass is 10.2. The summed E-state index contributed by atoms with van der Waals surface area (Å²) in [6, 6.07) is 0.245. The van der Waals surface area contributed by atoms with Crippen molar-refractivity contribution in [3.8, 4) is 0 Å². The quantitative estimate of drug-likeness (QED) is 0.494. The van der Waals surface area contributed by atoms with Crippen LogP contribution in [0.25, 0.3) is 0 Å². The van der Waals surface area contributed by atoms with Gasteiger partial charge in [0.25, 0.3) is 0 Å². The second kappa shape index (κ2) is 4.57. The molecule has 1 aromatic rings. The van der Waals surface area contributed by atoms with Gasteiger partial charge in [-0.05, 0) is 26.7 Å². The molecule has 6 nitrogen and oxygen atoms in total. The lowest BCUT2D eigenvalue weighted by Gasteiger charge is -2.13. The minimum atomic E-state index is -0.362. The van der Waals surface area contributed by atoms with E-state index in [9.17, 15) is 10.1 Å². The normalized spacial score (nSPS) is 15.4. The predicted molar refractivity (Wildman–Crippen MR) is 65.1 cm³/mol. The molecule has 0 bridgehead atoms. The number of hydrogen-bond donors (Lipinski definition) is 1. The van der Waals surface area contributed by atoms with E-state index in [2.05, 4.69) is 22.6 Å². The minimum absolute atomic E-state index is 0.0961. The summed E-state index contributed by atoms with van der Waals surface area (Å²) in [4.78, 5) is 10.7. The zero-order valence-corrected chi connectivity index (χ0v) is 10.0. The van der Waals surface area contributed by atoms with Gasteiger partial charge in [0.15, 0.2) is 0 Å². The number of nitrogens with one attached hydrogen (secondary N) is 1. The second-order valence-electron chi connectivity index (χ2n) is 4.14. The molecule has 17 heavy (non-hydrogen) atoms. The van der Waals surface area contributed by atoms with Crippen molar-refractivity contribution in [1.29, 1.82) is 0 Å². The van der Waals surface area contributed by atoms with Gasteiger partial charge in [0.1, 0.15) is 5.69 Å². The summed E-state index contributed by atoms with van der Waals surface area (Å²) < 4.78 is 1.66. The summed E-state index contributed by atoms with van der Waals surface area (Å²) in [6.07, 6.45) is 5.99. The lowest BCUT2D eigenvalue weighted by Crippen LogP contribution is -2.18. The first-order valence-electron chi connectivity index (χ1n) is 5.76. The van der Waals surface area contributed by atoms with Crippen LogP contribution in [0.4, 0.5) is 11.5 Å². The summed E-state index contributed by atoms with van der Waals surface area (Å²) in [5.41, 5.74) is 0.559. The molecule has 0 aliphatic heterocycles. The zero-order valence-electron chi connectivity index (χ0n) is 10.0. The molecule has 0 amide bonds. The maximum atomic E-state index is 11.0. The molecule has 0 fully saturated rings. The van der Waals surface area contributed by atoms with E-state index in [0.717, 1.165) is 12.8 Å². The molecule has 1 aromatic heterocycles. The van der Waals surface area contributed by atoms with Gasteiger partial charge in [0.05, 0.1) is 4.92 Å². The molecule has 0 saturated carbocycles. The van der Waals surface area contributed by atoms with Gasteiger partial charge < -0.3 is 5.32 Å². The SMILES string of the molecule is CCn1nc(C)c([N+](=O)[O-])c1NC1CC=CC1. The van der Waals surface area contributed by atoms with Crippen LogP contribution < -0.4 is 5.32 Å². The summed E-state index contributed by atoms with van der Waals surface area (Å²) in [6.45, 7) is 4.22. The molecule has 1 heterocycles. The van der Waals surface area contributed by atoms with Gasteiger partial charge in [-0.1, -0.05) is 12.2 Å². The van der Waals surface area contributed by atoms with Crippen LogP contribution in [0.15, 0.2) is 12.2 Å². The first kappa shape index (κ1) is 11.6. The molecule has 0 unspecified atom stereocenters. The van der Waals surface area contributed by atoms with Crippen molar-refractivity contribution in [3.05, 3.63) is 28.0 Å². The average molecular weight is 236 g/mol. The van der Waals surface area contributed by atoms with Crippen LogP contribution in [-0.2, 0) is 6.54 Å². The van der Waals surface area contributed by atoms with E-state index >= 15 is 0 Å². The molecule has 0 saturated heterocycles. The Balaban J connectivity index is 2.31. The number of aryl methyl sites for hydroxylation is 2. The number of hydrogen-bond acceptors (Lipinski definition) is 4. The molecular formula is C11H16N4O2. The van der Waals surface area contributed by atoms with E-state index in [1.807, 2.05) is 6.92 Å². The first-order chi connectivity index (χ1) is 8.13. The highest BCUT2D eigenvalue weighted by atomic mass is 16.6. The van der Waals surface area contributed by atoms with Crippen molar-refractivity contribution >= 4 is 11.5 Å². The average Bonchev–Trinajstić information content (AvgIpc) is 2.86. The number of anilines is 1.